The molecule has 0 atom stereocenters. The summed E-state index contributed by atoms with van der Waals surface area (Å²) in [6.07, 6.45) is 5.54. The molecule has 3 N–H and O–H groups in total. The van der Waals surface area contributed by atoms with Gasteiger partial charge in [-0.2, -0.15) is 0 Å². The number of aromatic nitrogens is 4. The summed E-state index contributed by atoms with van der Waals surface area (Å²) in [6, 6.07) is 8.53. The van der Waals surface area contributed by atoms with E-state index in [-0.39, 0.29) is 24.2 Å². The van der Waals surface area contributed by atoms with Crippen LogP contribution < -0.4 is 11.1 Å². The largest absolute Gasteiger partial charge is 0.368 e. The maximum Gasteiger partial charge on any atom is 0.220 e. The molecule has 136 valence electrons. The molecule has 0 saturated carbocycles. The lowest BCUT2D eigenvalue weighted by molar-refractivity contribution is 0.370. The predicted molar refractivity (Wildman–Crippen MR) is 101 cm³/mol. The number of benzene rings is 1. The number of piperidine rings is 1. The molecule has 0 bridgehead atoms. The fourth-order valence-electron chi connectivity index (χ4n) is 3.30. The van der Waals surface area contributed by atoms with E-state index in [4.69, 9.17) is 5.73 Å². The molecule has 0 amide bonds. The number of imidazole rings is 1. The van der Waals surface area contributed by atoms with Crippen molar-refractivity contribution in [2.75, 3.05) is 18.8 Å². The minimum Gasteiger partial charge on any atom is -0.368 e. The van der Waals surface area contributed by atoms with Gasteiger partial charge in [-0.3, -0.25) is 0 Å². The van der Waals surface area contributed by atoms with Gasteiger partial charge >= 0.3 is 0 Å². The summed E-state index contributed by atoms with van der Waals surface area (Å²) < 4.78 is 15.5. The third-order valence-corrected chi connectivity index (χ3v) is 4.53. The Bertz CT molecular complexity index is 874. The first-order chi connectivity index (χ1) is 12.2. The van der Waals surface area contributed by atoms with E-state index < -0.39 is 0 Å². The minimum absolute atomic E-state index is 0. The average Bonchev–Trinajstić information content (AvgIpc) is 3.08. The number of nitrogens with zero attached hydrogens (tertiary/aromatic N) is 4. The van der Waals surface area contributed by atoms with E-state index in [9.17, 15) is 4.39 Å². The van der Waals surface area contributed by atoms with Crippen molar-refractivity contribution in [3.8, 4) is 22.6 Å². The van der Waals surface area contributed by atoms with Crippen LogP contribution in [0.15, 0.2) is 42.9 Å². The van der Waals surface area contributed by atoms with Crippen LogP contribution in [0.2, 0.25) is 0 Å². The van der Waals surface area contributed by atoms with Gasteiger partial charge in [-0.05, 0) is 56.3 Å². The van der Waals surface area contributed by atoms with Gasteiger partial charge in [0.1, 0.15) is 5.82 Å². The number of anilines is 1. The van der Waals surface area contributed by atoms with Crippen LogP contribution in [0.3, 0.4) is 0 Å². The molecule has 26 heavy (non-hydrogen) atoms. The summed E-state index contributed by atoms with van der Waals surface area (Å²) in [7, 11) is 0. The van der Waals surface area contributed by atoms with Crippen LogP contribution in [0.5, 0.6) is 0 Å². The topological polar surface area (TPSA) is 81.6 Å². The quantitative estimate of drug-likeness (QED) is 0.736. The molecule has 2 aromatic heterocycles. The first-order valence-corrected chi connectivity index (χ1v) is 8.35. The van der Waals surface area contributed by atoms with Gasteiger partial charge in [-0.15, -0.1) is 12.4 Å². The van der Waals surface area contributed by atoms with E-state index >= 15 is 0 Å². The first-order valence-electron chi connectivity index (χ1n) is 8.35. The molecule has 0 unspecified atom stereocenters. The van der Waals surface area contributed by atoms with Gasteiger partial charge in [-0.1, -0.05) is 0 Å². The Morgan fingerprint density at radius 1 is 1.08 bits per heavy atom. The molecular formula is C18H20ClFN6. The van der Waals surface area contributed by atoms with Crippen molar-refractivity contribution in [3.05, 3.63) is 48.7 Å². The second kappa shape index (κ2) is 7.80. The molecule has 0 spiro atoms. The molecule has 1 aliphatic heterocycles. The van der Waals surface area contributed by atoms with Gasteiger partial charge in [0.25, 0.3) is 0 Å². The lowest BCUT2D eigenvalue weighted by atomic mass is 10.0. The Kier molecular flexibility index (Phi) is 5.49. The minimum atomic E-state index is -0.269. The number of halogens is 2. The number of nitrogens with one attached hydrogen (secondary N) is 1. The highest BCUT2D eigenvalue weighted by atomic mass is 35.5. The van der Waals surface area contributed by atoms with Crippen LogP contribution >= 0.6 is 12.4 Å². The Morgan fingerprint density at radius 3 is 2.50 bits per heavy atom. The first kappa shape index (κ1) is 18.3. The third-order valence-electron chi connectivity index (χ3n) is 4.53. The summed E-state index contributed by atoms with van der Waals surface area (Å²) >= 11 is 0. The summed E-state index contributed by atoms with van der Waals surface area (Å²) in [6.45, 7) is 1.94. The van der Waals surface area contributed by atoms with Gasteiger partial charge in [0.05, 0.1) is 23.4 Å². The molecule has 4 rings (SSSR count). The maximum absolute atomic E-state index is 13.3. The third kappa shape index (κ3) is 3.54. The highest BCUT2D eigenvalue weighted by Crippen LogP contribution is 2.34. The number of nitrogens with two attached hydrogens (primary N) is 1. The van der Waals surface area contributed by atoms with Crippen LogP contribution in [0.25, 0.3) is 22.6 Å². The van der Waals surface area contributed by atoms with Crippen molar-refractivity contribution < 1.29 is 4.39 Å². The molecule has 1 aliphatic rings. The van der Waals surface area contributed by atoms with Gasteiger partial charge in [-0.25, -0.2) is 19.3 Å². The molecule has 0 aliphatic carbocycles. The van der Waals surface area contributed by atoms with Gasteiger partial charge in [0, 0.05) is 17.8 Å². The summed E-state index contributed by atoms with van der Waals surface area (Å²) in [5.74, 6) is -0.0463. The molecule has 0 radical (unpaired) electrons. The lowest BCUT2D eigenvalue weighted by Gasteiger charge is -2.25. The summed E-state index contributed by atoms with van der Waals surface area (Å²) in [5, 5.41) is 3.38. The van der Waals surface area contributed by atoms with Crippen molar-refractivity contribution in [2.45, 2.75) is 18.9 Å². The zero-order valence-electron chi connectivity index (χ0n) is 14.1. The molecule has 1 aromatic carbocycles. The lowest BCUT2D eigenvalue weighted by Crippen LogP contribution is -2.29. The number of hydrogen-bond donors (Lipinski definition) is 2. The second-order valence-corrected chi connectivity index (χ2v) is 6.14. The van der Waals surface area contributed by atoms with E-state index in [1.165, 1.54) is 12.1 Å². The molecule has 8 heteroatoms. The Morgan fingerprint density at radius 2 is 1.81 bits per heavy atom. The zero-order chi connectivity index (χ0) is 17.2. The van der Waals surface area contributed by atoms with Gasteiger partial charge in [0.2, 0.25) is 5.95 Å². The normalized spacial score (nSPS) is 14.8. The van der Waals surface area contributed by atoms with Crippen LogP contribution in [0.1, 0.15) is 18.9 Å². The number of nitrogen functional groups attached to an aromatic ring is 1. The molecule has 3 aromatic rings. The van der Waals surface area contributed by atoms with Gasteiger partial charge < -0.3 is 15.6 Å². The predicted octanol–water partition coefficient (Wildman–Crippen LogP) is 3.07. The van der Waals surface area contributed by atoms with E-state index in [1.54, 1.807) is 18.3 Å². The van der Waals surface area contributed by atoms with Crippen molar-refractivity contribution >= 4 is 18.4 Å². The van der Waals surface area contributed by atoms with Crippen LogP contribution in [0.4, 0.5) is 10.3 Å². The van der Waals surface area contributed by atoms with E-state index in [2.05, 4.69) is 24.8 Å². The summed E-state index contributed by atoms with van der Waals surface area (Å²) in [5.41, 5.74) is 9.03. The van der Waals surface area contributed by atoms with Crippen LogP contribution in [-0.2, 0) is 0 Å². The zero-order valence-corrected chi connectivity index (χ0v) is 14.9. The molecule has 1 fully saturated rings. The van der Waals surface area contributed by atoms with Crippen LogP contribution in [-0.4, -0.2) is 32.6 Å². The Balaban J connectivity index is 0.00000196. The highest BCUT2D eigenvalue weighted by molar-refractivity contribution is 5.85. The molecule has 1 saturated heterocycles. The fourth-order valence-corrected chi connectivity index (χ4v) is 3.30. The standard InChI is InChI=1S/C18H19FN6.ClH/c19-13-3-1-12(2-4-13)16-17(15-7-10-22-18(20)24-15)25(11-23-16)14-5-8-21-9-6-14;/h1-4,7,10-11,14,21H,5-6,8-9H2,(H2,20,22,24);1H. The van der Waals surface area contributed by atoms with E-state index in [1.807, 2.05) is 12.4 Å². The van der Waals surface area contributed by atoms with E-state index in [0.29, 0.717) is 6.04 Å². The SMILES string of the molecule is Cl.Nc1nccc(-c2c(-c3ccc(F)cc3)ncn2C2CCNCC2)n1. The second-order valence-electron chi connectivity index (χ2n) is 6.14. The average molecular weight is 375 g/mol. The van der Waals surface area contributed by atoms with Crippen LogP contribution in [0, 0.1) is 5.82 Å². The Labute approximate surface area is 157 Å². The fraction of sp³-hybridized carbons (Fsp3) is 0.278. The molecule has 6 nitrogen and oxygen atoms in total. The monoisotopic (exact) mass is 374 g/mol. The molecule has 3 heterocycles. The van der Waals surface area contributed by atoms with E-state index in [0.717, 1.165) is 48.6 Å². The summed E-state index contributed by atoms with van der Waals surface area (Å²) in [4.78, 5) is 13.0. The van der Waals surface area contributed by atoms with Crippen molar-refractivity contribution in [2.24, 2.45) is 0 Å². The highest BCUT2D eigenvalue weighted by Gasteiger charge is 2.23. The number of rotatable bonds is 3. The van der Waals surface area contributed by atoms with Gasteiger partial charge in [0.15, 0.2) is 0 Å². The van der Waals surface area contributed by atoms with Crippen molar-refractivity contribution in [1.82, 2.24) is 24.8 Å². The van der Waals surface area contributed by atoms with Crippen molar-refractivity contribution in [3.63, 3.8) is 0 Å². The smallest absolute Gasteiger partial charge is 0.220 e. The molecular weight excluding hydrogens is 355 g/mol. The maximum atomic E-state index is 13.3. The Hall–Kier alpha value is -2.51. The number of hydrogen-bond acceptors (Lipinski definition) is 5. The van der Waals surface area contributed by atoms with Crippen molar-refractivity contribution in [1.29, 1.82) is 0 Å².